The molecule has 1 aliphatic heterocycles. The molecule has 2 fully saturated rings. The van der Waals surface area contributed by atoms with Gasteiger partial charge in [-0.2, -0.15) is 9.61 Å². The number of rotatable bonds is 4. The largest absolute Gasteiger partial charge is 0.367 e. The molecule has 0 unspecified atom stereocenters. The summed E-state index contributed by atoms with van der Waals surface area (Å²) in [5.74, 6) is 1.28. The summed E-state index contributed by atoms with van der Waals surface area (Å²) in [7, 11) is 3.85. The van der Waals surface area contributed by atoms with Crippen LogP contribution in [-0.2, 0) is 4.79 Å². The number of hydrogen-bond donors (Lipinski definition) is 2. The highest BCUT2D eigenvalue weighted by Crippen LogP contribution is 2.30. The molecule has 2 N–H and O–H groups in total. The van der Waals surface area contributed by atoms with Crippen LogP contribution >= 0.6 is 11.8 Å². The average Bonchev–Trinajstić information content (AvgIpc) is 3.16. The highest BCUT2D eigenvalue weighted by molar-refractivity contribution is 8.18. The number of imide groups is 1. The lowest BCUT2D eigenvalue weighted by atomic mass is 10.3. The fourth-order valence-electron chi connectivity index (χ4n) is 2.40. The van der Waals surface area contributed by atoms with Crippen molar-refractivity contribution >= 4 is 46.3 Å². The van der Waals surface area contributed by atoms with Crippen molar-refractivity contribution in [2.45, 2.75) is 18.9 Å². The van der Waals surface area contributed by atoms with Gasteiger partial charge in [-0.25, -0.2) is 4.98 Å². The van der Waals surface area contributed by atoms with E-state index < -0.39 is 0 Å². The van der Waals surface area contributed by atoms with E-state index in [9.17, 15) is 9.59 Å². The third-order valence-corrected chi connectivity index (χ3v) is 4.61. The third kappa shape index (κ3) is 2.71. The number of hydrogen-bond acceptors (Lipinski definition) is 7. The van der Waals surface area contributed by atoms with E-state index in [1.807, 2.05) is 25.1 Å². The zero-order valence-electron chi connectivity index (χ0n) is 13.2. The molecule has 1 aliphatic carbocycles. The molecule has 2 aromatic rings. The molecule has 8 nitrogen and oxygen atoms in total. The van der Waals surface area contributed by atoms with Gasteiger partial charge in [0.05, 0.1) is 11.1 Å². The molecule has 0 spiro atoms. The van der Waals surface area contributed by atoms with Crippen LogP contribution in [0, 0.1) is 0 Å². The van der Waals surface area contributed by atoms with Crippen molar-refractivity contribution in [1.29, 1.82) is 0 Å². The molecule has 9 heteroatoms. The Balaban J connectivity index is 1.82. The van der Waals surface area contributed by atoms with E-state index >= 15 is 0 Å². The van der Waals surface area contributed by atoms with Crippen LogP contribution in [0.1, 0.15) is 18.4 Å². The van der Waals surface area contributed by atoms with E-state index in [0.29, 0.717) is 22.2 Å². The summed E-state index contributed by atoms with van der Waals surface area (Å²) < 4.78 is 1.73. The molecular formula is C15H16N6O2S. The molecule has 4 rings (SSSR count). The summed E-state index contributed by atoms with van der Waals surface area (Å²) in [6.07, 6.45) is 5.61. The molecule has 1 saturated heterocycles. The number of thioether (sulfide) groups is 1. The normalized spacial score (nSPS) is 19.2. The molecule has 2 amide bonds. The topological polar surface area (TPSA) is 91.6 Å². The van der Waals surface area contributed by atoms with Gasteiger partial charge in [0.1, 0.15) is 11.6 Å². The molecule has 2 aromatic heterocycles. The Kier molecular flexibility index (Phi) is 3.45. The number of fused-ring (bicyclic) bond motifs is 1. The predicted octanol–water partition coefficient (Wildman–Crippen LogP) is 1.69. The maximum absolute atomic E-state index is 11.8. The summed E-state index contributed by atoms with van der Waals surface area (Å²) in [4.78, 5) is 30.0. The highest BCUT2D eigenvalue weighted by Gasteiger charge is 2.26. The first-order valence-corrected chi connectivity index (χ1v) is 8.40. The van der Waals surface area contributed by atoms with E-state index in [2.05, 4.69) is 20.7 Å². The number of aromatic nitrogens is 3. The summed E-state index contributed by atoms with van der Waals surface area (Å²) in [5.41, 5.74) is 1.34. The van der Waals surface area contributed by atoms with Gasteiger partial charge in [0.2, 0.25) is 0 Å². The van der Waals surface area contributed by atoms with Gasteiger partial charge in [-0.15, -0.1) is 0 Å². The van der Waals surface area contributed by atoms with Crippen LogP contribution in [0.3, 0.4) is 0 Å². The van der Waals surface area contributed by atoms with Crippen molar-refractivity contribution in [1.82, 2.24) is 19.9 Å². The van der Waals surface area contributed by atoms with Gasteiger partial charge in [0.25, 0.3) is 11.1 Å². The van der Waals surface area contributed by atoms with Gasteiger partial charge in [0, 0.05) is 31.8 Å². The fourth-order valence-corrected chi connectivity index (χ4v) is 3.07. The van der Waals surface area contributed by atoms with Crippen LogP contribution in [0.2, 0.25) is 0 Å². The van der Waals surface area contributed by atoms with Crippen molar-refractivity contribution in [3.05, 3.63) is 22.7 Å². The standard InChI is InChI=1S/C15H16N6O2S/c1-20(2)11-6-12(17-9-3-4-9)21-13(18-11)8(7-16-21)5-10-14(22)19-15(23)24-10/h5-7,9,17H,3-4H2,1-2H3,(H,19,22,23)/b10-5+. The summed E-state index contributed by atoms with van der Waals surface area (Å²) in [5, 5.41) is 9.73. The number of carbonyl (C=O) groups excluding carboxylic acids is 2. The molecule has 24 heavy (non-hydrogen) atoms. The zero-order valence-corrected chi connectivity index (χ0v) is 14.1. The average molecular weight is 344 g/mol. The molecule has 0 atom stereocenters. The lowest BCUT2D eigenvalue weighted by Crippen LogP contribution is -2.17. The second-order valence-corrected chi connectivity index (χ2v) is 7.01. The van der Waals surface area contributed by atoms with Gasteiger partial charge >= 0.3 is 0 Å². The molecule has 2 aliphatic rings. The Morgan fingerprint density at radius 1 is 1.42 bits per heavy atom. The van der Waals surface area contributed by atoms with Crippen LogP contribution < -0.4 is 15.5 Å². The summed E-state index contributed by atoms with van der Waals surface area (Å²) in [6, 6.07) is 2.43. The van der Waals surface area contributed by atoms with Crippen LogP contribution in [0.4, 0.5) is 16.4 Å². The summed E-state index contributed by atoms with van der Waals surface area (Å²) >= 11 is 0.886. The third-order valence-electron chi connectivity index (χ3n) is 3.80. The number of anilines is 2. The summed E-state index contributed by atoms with van der Waals surface area (Å²) in [6.45, 7) is 0. The van der Waals surface area contributed by atoms with Gasteiger partial charge in [-0.05, 0) is 30.7 Å². The van der Waals surface area contributed by atoms with Crippen molar-refractivity contribution in [3.63, 3.8) is 0 Å². The van der Waals surface area contributed by atoms with Gasteiger partial charge in [-0.3, -0.25) is 14.9 Å². The van der Waals surface area contributed by atoms with E-state index in [4.69, 9.17) is 0 Å². The number of nitrogens with one attached hydrogen (secondary N) is 2. The maximum atomic E-state index is 11.8. The van der Waals surface area contributed by atoms with Crippen molar-refractivity contribution in [3.8, 4) is 0 Å². The highest BCUT2D eigenvalue weighted by atomic mass is 32.2. The molecule has 1 saturated carbocycles. The minimum atomic E-state index is -0.385. The Morgan fingerprint density at radius 3 is 2.83 bits per heavy atom. The lowest BCUT2D eigenvalue weighted by Gasteiger charge is -2.15. The molecule has 124 valence electrons. The smallest absolute Gasteiger partial charge is 0.290 e. The molecule has 3 heterocycles. The van der Waals surface area contributed by atoms with Gasteiger partial charge in [-0.1, -0.05) is 0 Å². The fraction of sp³-hybridized carbons (Fsp3) is 0.333. The molecule has 0 aromatic carbocycles. The number of amides is 2. The quantitative estimate of drug-likeness (QED) is 0.816. The second kappa shape index (κ2) is 5.52. The minimum absolute atomic E-state index is 0.351. The first kappa shape index (κ1) is 15.0. The Hall–Kier alpha value is -2.55. The second-order valence-electron chi connectivity index (χ2n) is 6.00. The molecule has 0 bridgehead atoms. The Morgan fingerprint density at radius 2 is 2.21 bits per heavy atom. The van der Waals surface area contributed by atoms with Gasteiger partial charge < -0.3 is 10.2 Å². The monoisotopic (exact) mass is 344 g/mol. The predicted molar refractivity (Wildman–Crippen MR) is 93.1 cm³/mol. The Bertz CT molecular complexity index is 883. The van der Waals surface area contributed by atoms with Crippen LogP contribution in [0.5, 0.6) is 0 Å². The Labute approximate surface area is 142 Å². The van der Waals surface area contributed by atoms with Crippen molar-refractivity contribution in [2.24, 2.45) is 0 Å². The van der Waals surface area contributed by atoms with Crippen molar-refractivity contribution in [2.75, 3.05) is 24.3 Å². The van der Waals surface area contributed by atoms with Crippen LogP contribution in [-0.4, -0.2) is 45.9 Å². The number of nitrogens with zero attached hydrogens (tertiary/aromatic N) is 4. The zero-order chi connectivity index (χ0) is 16.8. The molecular weight excluding hydrogens is 328 g/mol. The van der Waals surface area contributed by atoms with E-state index in [1.54, 1.807) is 16.8 Å². The number of carbonyl (C=O) groups is 2. The van der Waals surface area contributed by atoms with Crippen molar-refractivity contribution < 1.29 is 9.59 Å². The first-order valence-electron chi connectivity index (χ1n) is 7.59. The minimum Gasteiger partial charge on any atom is -0.367 e. The van der Waals surface area contributed by atoms with Crippen LogP contribution in [0.25, 0.3) is 11.7 Å². The van der Waals surface area contributed by atoms with E-state index in [0.717, 1.165) is 36.2 Å². The van der Waals surface area contributed by atoms with E-state index in [1.165, 1.54) is 0 Å². The van der Waals surface area contributed by atoms with Gasteiger partial charge in [0.15, 0.2) is 5.65 Å². The lowest BCUT2D eigenvalue weighted by molar-refractivity contribution is -0.115. The first-order chi connectivity index (χ1) is 11.5. The molecule has 0 radical (unpaired) electrons. The van der Waals surface area contributed by atoms with Crippen LogP contribution in [0.15, 0.2) is 17.2 Å². The SMILES string of the molecule is CN(C)c1cc(NC2CC2)n2ncc(/C=C3/SC(=O)NC3=O)c2n1. The van der Waals surface area contributed by atoms with E-state index in [-0.39, 0.29) is 11.1 Å². The maximum Gasteiger partial charge on any atom is 0.290 e.